The molecule has 1 atom stereocenters. The van der Waals surface area contributed by atoms with E-state index in [0.29, 0.717) is 0 Å². The lowest BCUT2D eigenvalue weighted by molar-refractivity contribution is -0.121. The normalized spacial score (nSPS) is 14.6. The zero-order valence-electron chi connectivity index (χ0n) is 9.31. The fourth-order valence-electron chi connectivity index (χ4n) is 1.21. The highest BCUT2D eigenvalue weighted by molar-refractivity contribution is 7.94. The third-order valence-corrected chi connectivity index (χ3v) is 4.66. The first-order valence-corrected chi connectivity index (χ1v) is 6.18. The molecule has 0 aliphatic carbocycles. The summed E-state index contributed by atoms with van der Waals surface area (Å²) in [6.45, 7) is 0.862. The van der Waals surface area contributed by atoms with Gasteiger partial charge < -0.3 is 0 Å². The number of benzene rings is 1. The fraction of sp³-hybridized carbons (Fsp3) is 0.200. The van der Waals surface area contributed by atoms with Crippen LogP contribution in [0, 0.1) is 5.82 Å². The first kappa shape index (κ1) is 14.3. The van der Waals surface area contributed by atoms with Crippen LogP contribution in [-0.4, -0.2) is 25.4 Å². The first-order chi connectivity index (χ1) is 8.29. The Morgan fingerprint density at radius 1 is 1.39 bits per heavy atom. The van der Waals surface area contributed by atoms with Gasteiger partial charge in [-0.3, -0.25) is 15.0 Å². The smallest absolute Gasteiger partial charge is 0.263 e. The number of rotatable bonds is 4. The van der Waals surface area contributed by atoms with Crippen LogP contribution in [-0.2, 0) is 19.4 Å². The number of carbonyl (C=O) groups excluding carboxylic acids is 2. The van der Waals surface area contributed by atoms with E-state index in [0.717, 1.165) is 37.5 Å². The van der Waals surface area contributed by atoms with Crippen molar-refractivity contribution in [2.24, 2.45) is 5.84 Å². The van der Waals surface area contributed by atoms with Gasteiger partial charge in [0.05, 0.1) is 4.90 Å². The molecule has 1 amide bonds. The molecule has 0 aliphatic rings. The number of carbonyl (C=O) groups is 1. The third kappa shape index (κ3) is 2.12. The summed E-state index contributed by atoms with van der Waals surface area (Å²) in [6, 6.07) is 3.70. The minimum Gasteiger partial charge on any atom is -0.292 e. The molecular formula is C10H10FN2O4S. The predicted molar refractivity (Wildman–Crippen MR) is 60.0 cm³/mol. The molecule has 1 rings (SSSR count). The van der Waals surface area contributed by atoms with Gasteiger partial charge in [0.15, 0.2) is 0 Å². The van der Waals surface area contributed by atoms with Crippen LogP contribution in [0.15, 0.2) is 29.2 Å². The minimum atomic E-state index is -4.36. The number of nitrogens with one attached hydrogen (secondary N) is 1. The summed E-state index contributed by atoms with van der Waals surface area (Å²) < 4.78 is 34.4. The van der Waals surface area contributed by atoms with E-state index >= 15 is 0 Å². The van der Waals surface area contributed by atoms with Crippen LogP contribution in [0.2, 0.25) is 0 Å². The van der Waals surface area contributed by atoms with Crippen molar-refractivity contribution in [2.75, 3.05) is 0 Å². The van der Waals surface area contributed by atoms with E-state index < -0.39 is 26.3 Å². The molecule has 0 saturated heterocycles. The highest BCUT2D eigenvalue weighted by Crippen LogP contribution is 2.24. The van der Waals surface area contributed by atoms with Gasteiger partial charge in [0.2, 0.25) is 20.9 Å². The maximum Gasteiger partial charge on any atom is 0.263 e. The Hall–Kier alpha value is -1.80. The molecule has 0 aromatic heterocycles. The van der Waals surface area contributed by atoms with E-state index in [4.69, 9.17) is 5.84 Å². The van der Waals surface area contributed by atoms with Gasteiger partial charge in [0, 0.05) is 0 Å². The molecule has 18 heavy (non-hydrogen) atoms. The Bertz CT molecular complexity index is 570. The van der Waals surface area contributed by atoms with E-state index in [-0.39, 0.29) is 4.90 Å². The van der Waals surface area contributed by atoms with Gasteiger partial charge in [0.1, 0.15) is 5.82 Å². The van der Waals surface area contributed by atoms with Crippen molar-refractivity contribution in [3.05, 3.63) is 30.1 Å². The van der Waals surface area contributed by atoms with Crippen molar-refractivity contribution < 1.29 is 22.4 Å². The average Bonchev–Trinajstić information content (AvgIpc) is 2.37. The fourth-order valence-corrected chi connectivity index (χ4v) is 2.59. The third-order valence-electron chi connectivity index (χ3n) is 2.42. The SMILES string of the molecule is CC([C]=O)(C(=O)NN)S(=O)(=O)c1ccc(F)cc1. The van der Waals surface area contributed by atoms with Gasteiger partial charge in [0.25, 0.3) is 5.91 Å². The van der Waals surface area contributed by atoms with Crippen molar-refractivity contribution in [3.63, 3.8) is 0 Å². The second-order valence-corrected chi connectivity index (χ2v) is 5.86. The van der Waals surface area contributed by atoms with Crippen LogP contribution >= 0.6 is 0 Å². The van der Waals surface area contributed by atoms with Crippen molar-refractivity contribution in [1.82, 2.24) is 5.43 Å². The van der Waals surface area contributed by atoms with Gasteiger partial charge >= 0.3 is 0 Å². The summed E-state index contributed by atoms with van der Waals surface area (Å²) in [6.07, 6.45) is 1.16. The maximum atomic E-state index is 12.7. The second-order valence-electron chi connectivity index (χ2n) is 3.57. The summed E-state index contributed by atoms with van der Waals surface area (Å²) in [5, 5.41) is 0. The van der Waals surface area contributed by atoms with Gasteiger partial charge in [-0.1, -0.05) is 0 Å². The average molecular weight is 273 g/mol. The zero-order valence-corrected chi connectivity index (χ0v) is 10.1. The number of hydrogen-bond acceptors (Lipinski definition) is 5. The highest BCUT2D eigenvalue weighted by atomic mass is 32.2. The van der Waals surface area contributed by atoms with E-state index in [1.54, 1.807) is 5.43 Å². The summed E-state index contributed by atoms with van der Waals surface area (Å²) in [5.41, 5.74) is 1.59. The topological polar surface area (TPSA) is 106 Å². The summed E-state index contributed by atoms with van der Waals surface area (Å²) in [4.78, 5) is 21.8. The molecule has 0 spiro atoms. The molecule has 0 saturated carbocycles. The summed E-state index contributed by atoms with van der Waals surface area (Å²) in [7, 11) is -4.36. The van der Waals surface area contributed by atoms with E-state index in [1.807, 2.05) is 0 Å². The molecule has 0 fully saturated rings. The number of hydrogen-bond donors (Lipinski definition) is 2. The van der Waals surface area contributed by atoms with Crippen molar-refractivity contribution in [1.29, 1.82) is 0 Å². The lowest BCUT2D eigenvalue weighted by Crippen LogP contribution is -2.53. The van der Waals surface area contributed by atoms with Gasteiger partial charge in [-0.2, -0.15) is 0 Å². The Kier molecular flexibility index (Phi) is 3.82. The largest absolute Gasteiger partial charge is 0.292 e. The Labute approximate surface area is 103 Å². The summed E-state index contributed by atoms with van der Waals surface area (Å²) >= 11 is 0. The number of amides is 1. The molecule has 1 aromatic carbocycles. The number of halogens is 1. The maximum absolute atomic E-state index is 12.7. The zero-order chi connectivity index (χ0) is 14.0. The van der Waals surface area contributed by atoms with Crippen LogP contribution in [0.5, 0.6) is 0 Å². The number of nitrogens with two attached hydrogens (primary N) is 1. The lowest BCUT2D eigenvalue weighted by Gasteiger charge is -2.20. The van der Waals surface area contributed by atoms with Crippen LogP contribution in [0.3, 0.4) is 0 Å². The van der Waals surface area contributed by atoms with Crippen LogP contribution in [0.1, 0.15) is 6.92 Å². The second kappa shape index (κ2) is 4.83. The molecule has 8 heteroatoms. The molecule has 0 aliphatic heterocycles. The van der Waals surface area contributed by atoms with Crippen LogP contribution in [0.25, 0.3) is 0 Å². The summed E-state index contributed by atoms with van der Waals surface area (Å²) in [5.74, 6) is 2.96. The van der Waals surface area contributed by atoms with Crippen LogP contribution in [0.4, 0.5) is 4.39 Å². The molecule has 1 unspecified atom stereocenters. The van der Waals surface area contributed by atoms with E-state index in [9.17, 15) is 22.4 Å². The lowest BCUT2D eigenvalue weighted by atomic mass is 10.2. The molecule has 0 heterocycles. The van der Waals surface area contributed by atoms with Crippen LogP contribution < -0.4 is 11.3 Å². The number of sulfone groups is 1. The Morgan fingerprint density at radius 3 is 2.28 bits per heavy atom. The van der Waals surface area contributed by atoms with E-state index in [1.165, 1.54) is 0 Å². The molecule has 1 radical (unpaired) electrons. The van der Waals surface area contributed by atoms with Crippen molar-refractivity contribution >= 4 is 22.0 Å². The van der Waals surface area contributed by atoms with Gasteiger partial charge in [-0.15, -0.1) is 0 Å². The Morgan fingerprint density at radius 2 is 1.89 bits per heavy atom. The molecule has 97 valence electrons. The van der Waals surface area contributed by atoms with Crippen molar-refractivity contribution in [2.45, 2.75) is 16.6 Å². The predicted octanol–water partition coefficient (Wildman–Crippen LogP) is -0.542. The van der Waals surface area contributed by atoms with Gasteiger partial charge in [-0.25, -0.2) is 18.7 Å². The molecular weight excluding hydrogens is 263 g/mol. The minimum absolute atomic E-state index is 0.377. The first-order valence-electron chi connectivity index (χ1n) is 4.70. The standard InChI is InChI=1S/C10H10FN2O4S/c1-10(6-14,9(15)13-12)18(16,17)8-4-2-7(11)3-5-8/h2-5H,12H2,1H3,(H,13,15). The quantitative estimate of drug-likeness (QED) is 0.252. The van der Waals surface area contributed by atoms with Crippen molar-refractivity contribution in [3.8, 4) is 0 Å². The molecule has 0 bridgehead atoms. The molecule has 1 aromatic rings. The van der Waals surface area contributed by atoms with Gasteiger partial charge in [-0.05, 0) is 31.2 Å². The van der Waals surface area contributed by atoms with E-state index in [2.05, 4.69) is 0 Å². The molecule has 6 nitrogen and oxygen atoms in total. The monoisotopic (exact) mass is 273 g/mol. The number of hydrazine groups is 1. The Balaban J connectivity index is 3.40. The highest BCUT2D eigenvalue weighted by Gasteiger charge is 2.48. The molecule has 3 N–H and O–H groups in total.